The number of hydrogen-bond donors (Lipinski definition) is 1. The van der Waals surface area contributed by atoms with E-state index in [1.807, 2.05) is 30.5 Å². The molecule has 0 saturated carbocycles. The molecule has 1 amide bonds. The lowest BCUT2D eigenvalue weighted by atomic mass is 10.2. The van der Waals surface area contributed by atoms with Crippen molar-refractivity contribution in [3.8, 4) is 0 Å². The molecule has 0 radical (unpaired) electrons. The Labute approximate surface area is 146 Å². The Balaban J connectivity index is 1.72. The van der Waals surface area contributed by atoms with Crippen molar-refractivity contribution in [2.24, 2.45) is 0 Å². The number of thioether (sulfide) groups is 1. The minimum absolute atomic E-state index is 0.217. The van der Waals surface area contributed by atoms with E-state index in [1.54, 1.807) is 17.8 Å². The fourth-order valence-corrected chi connectivity index (χ4v) is 3.04. The number of aromatic nitrogens is 2. The molecule has 1 aromatic carbocycles. The first kappa shape index (κ1) is 16.7. The third-order valence-corrected chi connectivity index (χ3v) is 4.77. The topological polar surface area (TPSA) is 61.4 Å². The van der Waals surface area contributed by atoms with Crippen molar-refractivity contribution in [3.05, 3.63) is 42.4 Å². The summed E-state index contributed by atoms with van der Waals surface area (Å²) in [6.07, 6.45) is 3.47. The van der Waals surface area contributed by atoms with E-state index in [2.05, 4.69) is 32.1 Å². The van der Waals surface area contributed by atoms with E-state index < -0.39 is 0 Å². The molecule has 0 atom stereocenters. The van der Waals surface area contributed by atoms with E-state index in [1.165, 1.54) is 6.33 Å². The highest BCUT2D eigenvalue weighted by Crippen LogP contribution is 2.20. The fourth-order valence-electron chi connectivity index (χ4n) is 2.58. The van der Waals surface area contributed by atoms with Crippen LogP contribution in [0.25, 0.3) is 0 Å². The molecule has 1 N–H and O–H groups in total. The number of nitrogens with one attached hydrogen (secondary N) is 1. The van der Waals surface area contributed by atoms with Crippen molar-refractivity contribution in [1.29, 1.82) is 0 Å². The van der Waals surface area contributed by atoms with E-state index in [0.29, 0.717) is 5.69 Å². The number of hydrogen-bond acceptors (Lipinski definition) is 6. The van der Waals surface area contributed by atoms with Gasteiger partial charge in [-0.3, -0.25) is 4.79 Å². The Kier molecular flexibility index (Phi) is 5.32. The van der Waals surface area contributed by atoms with Crippen LogP contribution in [0.2, 0.25) is 0 Å². The first-order valence-corrected chi connectivity index (χ1v) is 9.09. The van der Waals surface area contributed by atoms with Crippen molar-refractivity contribution in [1.82, 2.24) is 14.9 Å². The smallest absolute Gasteiger partial charge is 0.274 e. The van der Waals surface area contributed by atoms with Crippen LogP contribution in [0.4, 0.5) is 11.5 Å². The Hall–Kier alpha value is -2.12. The summed E-state index contributed by atoms with van der Waals surface area (Å²) in [5, 5.41) is 2.90. The summed E-state index contributed by atoms with van der Waals surface area (Å²) in [5.74, 6) is 0.590. The normalized spacial score (nSPS) is 15.3. The first-order valence-electron chi connectivity index (χ1n) is 7.86. The molecular formula is C17H21N5OS. The number of nitrogens with zero attached hydrogens (tertiary/aromatic N) is 4. The van der Waals surface area contributed by atoms with Gasteiger partial charge < -0.3 is 15.1 Å². The van der Waals surface area contributed by atoms with Gasteiger partial charge in [0.25, 0.3) is 5.91 Å². The Morgan fingerprint density at radius 1 is 1.17 bits per heavy atom. The molecule has 1 aliphatic heterocycles. The first-order chi connectivity index (χ1) is 11.7. The predicted molar refractivity (Wildman–Crippen MR) is 97.9 cm³/mol. The summed E-state index contributed by atoms with van der Waals surface area (Å²) in [7, 11) is 2.11. The van der Waals surface area contributed by atoms with Crippen LogP contribution in [0.15, 0.2) is 41.6 Å². The average molecular weight is 343 g/mol. The minimum Gasteiger partial charge on any atom is -0.354 e. The van der Waals surface area contributed by atoms with E-state index in [0.717, 1.165) is 42.6 Å². The third kappa shape index (κ3) is 4.04. The maximum absolute atomic E-state index is 12.5. The van der Waals surface area contributed by atoms with Crippen molar-refractivity contribution >= 4 is 29.2 Å². The quantitative estimate of drug-likeness (QED) is 0.859. The number of carbonyl (C=O) groups excluding carboxylic acids is 1. The van der Waals surface area contributed by atoms with Crippen LogP contribution >= 0.6 is 11.8 Å². The summed E-state index contributed by atoms with van der Waals surface area (Å²) in [6.45, 7) is 3.80. The van der Waals surface area contributed by atoms with Gasteiger partial charge in [0.2, 0.25) is 0 Å². The summed E-state index contributed by atoms with van der Waals surface area (Å²) in [4.78, 5) is 26.5. The maximum atomic E-state index is 12.5. The minimum atomic E-state index is -0.217. The molecule has 24 heavy (non-hydrogen) atoms. The molecule has 1 fully saturated rings. The molecule has 0 aliphatic carbocycles. The highest BCUT2D eigenvalue weighted by molar-refractivity contribution is 7.98. The van der Waals surface area contributed by atoms with E-state index >= 15 is 0 Å². The molecule has 1 aromatic heterocycles. The number of piperazine rings is 1. The molecule has 3 rings (SSSR count). The average Bonchev–Trinajstić information content (AvgIpc) is 2.62. The van der Waals surface area contributed by atoms with Gasteiger partial charge in [0.1, 0.15) is 17.8 Å². The number of benzene rings is 1. The third-order valence-electron chi connectivity index (χ3n) is 4.04. The van der Waals surface area contributed by atoms with Crippen LogP contribution in [0, 0.1) is 0 Å². The standard InChI is InChI=1S/C17H21N5OS/c1-21-6-8-22(9-7-21)16-11-15(18-12-19-16)17(23)20-13-4-3-5-14(10-13)24-2/h3-5,10-12H,6-9H2,1-2H3,(H,20,23). The predicted octanol–water partition coefficient (Wildman–Crippen LogP) is 2.20. The fraction of sp³-hybridized carbons (Fsp3) is 0.353. The van der Waals surface area contributed by atoms with Crippen LogP contribution in [0.1, 0.15) is 10.5 Å². The lowest BCUT2D eigenvalue weighted by Crippen LogP contribution is -2.44. The second-order valence-electron chi connectivity index (χ2n) is 5.74. The highest BCUT2D eigenvalue weighted by atomic mass is 32.2. The molecule has 2 aromatic rings. The van der Waals surface area contributed by atoms with Gasteiger partial charge in [-0.2, -0.15) is 0 Å². The van der Waals surface area contributed by atoms with Gasteiger partial charge >= 0.3 is 0 Å². The molecule has 126 valence electrons. The van der Waals surface area contributed by atoms with Gasteiger partial charge in [-0.05, 0) is 31.5 Å². The lowest BCUT2D eigenvalue weighted by Gasteiger charge is -2.33. The van der Waals surface area contributed by atoms with Crippen molar-refractivity contribution in [2.45, 2.75) is 4.90 Å². The number of anilines is 2. The van der Waals surface area contributed by atoms with Gasteiger partial charge in [0.05, 0.1) is 0 Å². The number of carbonyl (C=O) groups is 1. The molecular weight excluding hydrogens is 322 g/mol. The molecule has 1 saturated heterocycles. The zero-order valence-corrected chi connectivity index (χ0v) is 14.7. The van der Waals surface area contributed by atoms with Crippen LogP contribution in [-0.2, 0) is 0 Å². The van der Waals surface area contributed by atoms with Crippen molar-refractivity contribution in [2.75, 3.05) is 49.7 Å². The van der Waals surface area contributed by atoms with Crippen LogP contribution < -0.4 is 10.2 Å². The van der Waals surface area contributed by atoms with E-state index in [9.17, 15) is 4.79 Å². The van der Waals surface area contributed by atoms with Crippen molar-refractivity contribution < 1.29 is 4.79 Å². The second-order valence-corrected chi connectivity index (χ2v) is 6.62. The van der Waals surface area contributed by atoms with Gasteiger partial charge in [-0.15, -0.1) is 11.8 Å². The van der Waals surface area contributed by atoms with Gasteiger partial charge in [0, 0.05) is 42.8 Å². The molecule has 0 bridgehead atoms. The van der Waals surface area contributed by atoms with Crippen LogP contribution in [0.3, 0.4) is 0 Å². The molecule has 2 heterocycles. The van der Waals surface area contributed by atoms with Gasteiger partial charge in [0.15, 0.2) is 0 Å². The molecule has 7 heteroatoms. The molecule has 6 nitrogen and oxygen atoms in total. The zero-order valence-electron chi connectivity index (χ0n) is 13.9. The highest BCUT2D eigenvalue weighted by Gasteiger charge is 2.17. The Bertz CT molecular complexity index is 716. The molecule has 1 aliphatic rings. The number of amides is 1. The van der Waals surface area contributed by atoms with Gasteiger partial charge in [-0.25, -0.2) is 9.97 Å². The number of likely N-dealkylation sites (N-methyl/N-ethyl adjacent to an activating group) is 1. The summed E-state index contributed by atoms with van der Waals surface area (Å²) in [5.41, 5.74) is 1.15. The zero-order chi connectivity index (χ0) is 16.9. The summed E-state index contributed by atoms with van der Waals surface area (Å²) < 4.78 is 0. The van der Waals surface area contributed by atoms with Crippen molar-refractivity contribution in [3.63, 3.8) is 0 Å². The van der Waals surface area contributed by atoms with Crippen LogP contribution in [-0.4, -0.2) is 60.3 Å². The maximum Gasteiger partial charge on any atom is 0.274 e. The monoisotopic (exact) mass is 343 g/mol. The van der Waals surface area contributed by atoms with E-state index in [-0.39, 0.29) is 5.91 Å². The largest absolute Gasteiger partial charge is 0.354 e. The lowest BCUT2D eigenvalue weighted by molar-refractivity contribution is 0.102. The summed E-state index contributed by atoms with van der Waals surface area (Å²) in [6, 6.07) is 9.53. The SMILES string of the molecule is CSc1cccc(NC(=O)c2cc(N3CCN(C)CC3)ncn2)c1. The number of rotatable bonds is 4. The Morgan fingerprint density at radius 2 is 1.96 bits per heavy atom. The van der Waals surface area contributed by atoms with Gasteiger partial charge in [-0.1, -0.05) is 6.07 Å². The summed E-state index contributed by atoms with van der Waals surface area (Å²) >= 11 is 1.64. The molecule has 0 unspecified atom stereocenters. The van der Waals surface area contributed by atoms with Crippen LogP contribution in [0.5, 0.6) is 0 Å². The van der Waals surface area contributed by atoms with E-state index in [4.69, 9.17) is 0 Å². The molecule has 0 spiro atoms. The Morgan fingerprint density at radius 3 is 2.71 bits per heavy atom. The second kappa shape index (κ2) is 7.63.